The number of hydrogen-bond acceptors (Lipinski definition) is 4. The molecule has 0 atom stereocenters. The summed E-state index contributed by atoms with van der Waals surface area (Å²) in [5.41, 5.74) is 6.07. The number of hydrazine groups is 1. The minimum atomic E-state index is -0.491. The molecule has 1 heterocycles. The Morgan fingerprint density at radius 1 is 1.03 bits per heavy atom. The third-order valence-corrected chi connectivity index (χ3v) is 6.84. The van der Waals surface area contributed by atoms with Gasteiger partial charge < -0.3 is 10.6 Å². The van der Waals surface area contributed by atoms with Gasteiger partial charge in [-0.05, 0) is 44.0 Å². The number of nitrogens with one attached hydrogen (secondary N) is 3. The fourth-order valence-corrected chi connectivity index (χ4v) is 4.74. The van der Waals surface area contributed by atoms with Crippen molar-refractivity contribution in [2.75, 3.05) is 10.3 Å². The Balaban J connectivity index is 1.53. The Bertz CT molecular complexity index is 1090. The summed E-state index contributed by atoms with van der Waals surface area (Å²) < 4.78 is 0.974. The number of carbonyl (C=O) groups is 2. The minimum Gasteiger partial charge on any atom is -0.334 e. The lowest BCUT2D eigenvalue weighted by molar-refractivity contribution is 0.228. The molecule has 1 fully saturated rings. The van der Waals surface area contributed by atoms with Gasteiger partial charge in [-0.15, -0.1) is 11.3 Å². The topological polar surface area (TPSA) is 86.4 Å². The van der Waals surface area contributed by atoms with Crippen LogP contribution >= 0.6 is 27.3 Å². The first-order valence-electron chi connectivity index (χ1n) is 10.9. The number of hydrogen-bond donors (Lipinski definition) is 3. The van der Waals surface area contributed by atoms with E-state index in [1.54, 1.807) is 0 Å². The molecule has 9 heteroatoms. The Morgan fingerprint density at radius 2 is 1.73 bits per heavy atom. The minimum absolute atomic E-state index is 0.121. The van der Waals surface area contributed by atoms with Crippen LogP contribution in [0, 0.1) is 6.92 Å². The van der Waals surface area contributed by atoms with Crippen molar-refractivity contribution in [3.63, 3.8) is 0 Å². The third kappa shape index (κ3) is 6.33. The van der Waals surface area contributed by atoms with Crippen molar-refractivity contribution in [1.82, 2.24) is 15.7 Å². The molecule has 7 nitrogen and oxygen atoms in total. The van der Waals surface area contributed by atoms with Crippen LogP contribution in [0.15, 0.2) is 58.4 Å². The molecule has 33 heavy (non-hydrogen) atoms. The smallest absolute Gasteiger partial charge is 0.334 e. The van der Waals surface area contributed by atoms with Crippen LogP contribution in [0.3, 0.4) is 0 Å². The Labute approximate surface area is 205 Å². The normalized spacial score (nSPS) is 13.9. The van der Waals surface area contributed by atoms with Gasteiger partial charge in [0.1, 0.15) is 0 Å². The molecule has 2 aromatic carbocycles. The van der Waals surface area contributed by atoms with Gasteiger partial charge in [-0.2, -0.15) is 5.01 Å². The van der Waals surface area contributed by atoms with Crippen molar-refractivity contribution in [2.45, 2.75) is 45.1 Å². The number of amides is 4. The summed E-state index contributed by atoms with van der Waals surface area (Å²) in [5, 5.41) is 9.24. The SMILES string of the molecule is Cc1ccc(NC(=O)N(NC(=O)NC2CCCCC2)c2nc(-c3ccc(Br)cc3)cs2)cc1. The van der Waals surface area contributed by atoms with E-state index in [1.807, 2.05) is 60.8 Å². The predicted molar refractivity (Wildman–Crippen MR) is 136 cm³/mol. The monoisotopic (exact) mass is 527 g/mol. The number of halogens is 1. The fourth-order valence-electron chi connectivity index (χ4n) is 3.69. The van der Waals surface area contributed by atoms with E-state index < -0.39 is 12.1 Å². The molecule has 0 bridgehead atoms. The first-order chi connectivity index (χ1) is 16.0. The molecule has 0 spiro atoms. The third-order valence-electron chi connectivity index (χ3n) is 5.48. The maximum atomic E-state index is 13.1. The van der Waals surface area contributed by atoms with Gasteiger partial charge in [0, 0.05) is 27.1 Å². The van der Waals surface area contributed by atoms with Crippen LogP contribution in [0.2, 0.25) is 0 Å². The average Bonchev–Trinajstić information content (AvgIpc) is 3.30. The number of aromatic nitrogens is 1. The van der Waals surface area contributed by atoms with E-state index in [0.717, 1.165) is 47.0 Å². The molecular weight excluding hydrogens is 502 g/mol. The van der Waals surface area contributed by atoms with E-state index in [2.05, 4.69) is 37.0 Å². The second-order valence-corrected chi connectivity index (χ2v) is 9.83. The van der Waals surface area contributed by atoms with E-state index in [9.17, 15) is 9.59 Å². The van der Waals surface area contributed by atoms with Gasteiger partial charge in [0.15, 0.2) is 0 Å². The van der Waals surface area contributed by atoms with Crippen LogP contribution in [0.1, 0.15) is 37.7 Å². The average molecular weight is 528 g/mol. The molecule has 0 aliphatic heterocycles. The van der Waals surface area contributed by atoms with Gasteiger partial charge in [-0.25, -0.2) is 20.0 Å². The predicted octanol–water partition coefficient (Wildman–Crippen LogP) is 6.47. The number of aryl methyl sites for hydroxylation is 1. The highest BCUT2D eigenvalue weighted by Crippen LogP contribution is 2.28. The number of nitrogens with zero attached hydrogens (tertiary/aromatic N) is 2. The molecule has 172 valence electrons. The lowest BCUT2D eigenvalue weighted by Gasteiger charge is -2.26. The van der Waals surface area contributed by atoms with Gasteiger partial charge >= 0.3 is 12.1 Å². The Kier molecular flexibility index (Phi) is 7.61. The van der Waals surface area contributed by atoms with Crippen LogP contribution in [-0.4, -0.2) is 23.1 Å². The molecule has 4 rings (SSSR count). The first-order valence-corrected chi connectivity index (χ1v) is 12.6. The summed E-state index contributed by atoms with van der Waals surface area (Å²) in [5.74, 6) is 0. The van der Waals surface area contributed by atoms with E-state index in [0.29, 0.717) is 10.8 Å². The summed E-state index contributed by atoms with van der Waals surface area (Å²) in [6, 6.07) is 14.5. The largest absolute Gasteiger partial charge is 0.347 e. The zero-order chi connectivity index (χ0) is 23.2. The van der Waals surface area contributed by atoms with Crippen LogP contribution in [0.4, 0.5) is 20.4 Å². The van der Waals surface area contributed by atoms with Gasteiger partial charge in [-0.3, -0.25) is 0 Å². The van der Waals surface area contributed by atoms with Gasteiger partial charge in [0.25, 0.3) is 0 Å². The number of anilines is 2. The lowest BCUT2D eigenvalue weighted by atomic mass is 9.96. The first kappa shape index (κ1) is 23.3. The van der Waals surface area contributed by atoms with Crippen LogP contribution in [0.25, 0.3) is 11.3 Å². The Morgan fingerprint density at radius 3 is 2.42 bits per heavy atom. The summed E-state index contributed by atoms with van der Waals surface area (Å²) >= 11 is 4.72. The summed E-state index contributed by atoms with van der Waals surface area (Å²) in [6.07, 6.45) is 5.31. The lowest BCUT2D eigenvalue weighted by Crippen LogP contribution is -2.54. The number of thiazole rings is 1. The van der Waals surface area contributed by atoms with E-state index in [-0.39, 0.29) is 6.04 Å². The fraction of sp³-hybridized carbons (Fsp3) is 0.292. The number of benzene rings is 2. The molecule has 0 radical (unpaired) electrons. The molecule has 1 aliphatic rings. The molecule has 0 saturated heterocycles. The van der Waals surface area contributed by atoms with Crippen molar-refractivity contribution >= 4 is 50.1 Å². The van der Waals surface area contributed by atoms with Gasteiger partial charge in [0.2, 0.25) is 5.13 Å². The summed E-state index contributed by atoms with van der Waals surface area (Å²) in [7, 11) is 0. The van der Waals surface area contributed by atoms with Crippen molar-refractivity contribution in [3.05, 3.63) is 63.9 Å². The van der Waals surface area contributed by atoms with E-state index in [1.165, 1.54) is 22.8 Å². The summed E-state index contributed by atoms with van der Waals surface area (Å²) in [4.78, 5) is 30.5. The van der Waals surface area contributed by atoms with Crippen molar-refractivity contribution in [1.29, 1.82) is 0 Å². The number of rotatable bonds is 4. The molecule has 0 unspecified atom stereocenters. The molecule has 1 saturated carbocycles. The molecule has 3 aromatic rings. The van der Waals surface area contributed by atoms with Crippen molar-refractivity contribution < 1.29 is 9.59 Å². The zero-order valence-corrected chi connectivity index (χ0v) is 20.7. The highest BCUT2D eigenvalue weighted by atomic mass is 79.9. The van der Waals surface area contributed by atoms with Crippen LogP contribution in [-0.2, 0) is 0 Å². The summed E-state index contributed by atoms with van der Waals surface area (Å²) in [6.45, 7) is 1.98. The number of urea groups is 2. The standard InChI is InChI=1S/C24H26BrN5O2S/c1-16-7-13-20(14-8-16)27-23(32)30(29-22(31)26-19-5-3-2-4-6-19)24-28-21(15-33-24)17-9-11-18(25)12-10-17/h7-15,19H,2-6H2,1H3,(H,27,32)(H2,26,29,31). The second-order valence-electron chi connectivity index (χ2n) is 8.07. The van der Waals surface area contributed by atoms with Gasteiger partial charge in [-0.1, -0.05) is 65.0 Å². The highest BCUT2D eigenvalue weighted by Gasteiger charge is 2.24. The van der Waals surface area contributed by atoms with Crippen molar-refractivity contribution in [3.8, 4) is 11.3 Å². The van der Waals surface area contributed by atoms with E-state index >= 15 is 0 Å². The molecular formula is C24H26BrN5O2S. The van der Waals surface area contributed by atoms with Crippen LogP contribution < -0.4 is 21.1 Å². The van der Waals surface area contributed by atoms with E-state index in [4.69, 9.17) is 0 Å². The number of carbonyl (C=O) groups excluding carboxylic acids is 2. The quantitative estimate of drug-likeness (QED) is 0.340. The van der Waals surface area contributed by atoms with Gasteiger partial charge in [0.05, 0.1) is 5.69 Å². The highest BCUT2D eigenvalue weighted by molar-refractivity contribution is 9.10. The maximum absolute atomic E-state index is 13.1. The molecule has 1 aliphatic carbocycles. The molecule has 4 amide bonds. The van der Waals surface area contributed by atoms with Crippen LogP contribution in [0.5, 0.6) is 0 Å². The zero-order valence-electron chi connectivity index (χ0n) is 18.3. The Hall–Kier alpha value is -2.91. The molecule has 3 N–H and O–H groups in total. The van der Waals surface area contributed by atoms with Crippen molar-refractivity contribution in [2.24, 2.45) is 0 Å². The second kappa shape index (κ2) is 10.8. The molecule has 1 aromatic heterocycles. The maximum Gasteiger partial charge on any atom is 0.347 e.